The van der Waals surface area contributed by atoms with Crippen molar-refractivity contribution in [3.63, 3.8) is 0 Å². The second-order valence-electron chi connectivity index (χ2n) is 3.92. The minimum absolute atomic E-state index is 0.259. The van der Waals surface area contributed by atoms with Crippen LogP contribution in [0.1, 0.15) is 15.9 Å². The molecule has 5 heteroatoms. The first-order valence-corrected chi connectivity index (χ1v) is 5.62. The highest BCUT2D eigenvalue weighted by Gasteiger charge is 2.08. The summed E-state index contributed by atoms with van der Waals surface area (Å²) in [4.78, 5) is 15.0. The number of aromatic nitrogens is 1. The number of carboxylic acid groups (broad SMARTS) is 1. The summed E-state index contributed by atoms with van der Waals surface area (Å²) in [5.74, 6) is 0.653. The molecule has 0 bridgehead atoms. The Labute approximate surface area is 110 Å². The monoisotopic (exact) mass is 259 g/mol. The minimum atomic E-state index is -0.952. The van der Waals surface area contributed by atoms with Gasteiger partial charge in [0.25, 0.3) is 0 Å². The lowest BCUT2D eigenvalue weighted by Gasteiger charge is -2.07. The Morgan fingerprint density at radius 2 is 1.95 bits per heavy atom. The van der Waals surface area contributed by atoms with Gasteiger partial charge in [0, 0.05) is 6.07 Å². The van der Waals surface area contributed by atoms with E-state index in [0.717, 1.165) is 0 Å². The van der Waals surface area contributed by atoms with Gasteiger partial charge in [-0.1, -0.05) is 0 Å². The topological polar surface area (TPSA) is 68.7 Å². The first-order valence-electron chi connectivity index (χ1n) is 5.62. The molecule has 1 heterocycles. The number of aryl methyl sites for hydroxylation is 1. The smallest absolute Gasteiger partial charge is 0.335 e. The molecule has 0 fully saturated rings. The maximum absolute atomic E-state index is 10.9. The second-order valence-corrected chi connectivity index (χ2v) is 3.92. The van der Waals surface area contributed by atoms with E-state index in [4.69, 9.17) is 14.6 Å². The number of ether oxygens (including phenoxy) is 2. The van der Waals surface area contributed by atoms with Gasteiger partial charge >= 0.3 is 5.97 Å². The average molecular weight is 259 g/mol. The molecule has 0 amide bonds. The van der Waals surface area contributed by atoms with Gasteiger partial charge in [-0.25, -0.2) is 9.78 Å². The molecule has 0 aliphatic heterocycles. The zero-order chi connectivity index (χ0) is 13.8. The van der Waals surface area contributed by atoms with Crippen LogP contribution in [0.5, 0.6) is 17.4 Å². The molecular weight excluding hydrogens is 246 g/mol. The van der Waals surface area contributed by atoms with Gasteiger partial charge in [0.2, 0.25) is 5.88 Å². The standard InChI is InChI=1S/C14H13NO4/c1-9-7-10(3-5-12(9)14(16)17)19-13-6-4-11(18-2)8-15-13/h3-8H,1-2H3,(H,16,17). The Balaban J connectivity index is 2.18. The Bertz CT molecular complexity index is 593. The van der Waals surface area contributed by atoms with E-state index in [1.54, 1.807) is 44.5 Å². The van der Waals surface area contributed by atoms with Crippen LogP contribution in [0.25, 0.3) is 0 Å². The zero-order valence-electron chi connectivity index (χ0n) is 10.6. The number of pyridine rings is 1. The highest BCUT2D eigenvalue weighted by atomic mass is 16.5. The Morgan fingerprint density at radius 3 is 2.47 bits per heavy atom. The Hall–Kier alpha value is -2.56. The van der Waals surface area contributed by atoms with E-state index in [2.05, 4.69) is 4.98 Å². The summed E-state index contributed by atoms with van der Waals surface area (Å²) in [6.45, 7) is 1.72. The number of hydrogen-bond donors (Lipinski definition) is 1. The van der Waals surface area contributed by atoms with Crippen LogP contribution < -0.4 is 9.47 Å². The molecule has 2 aromatic rings. The first kappa shape index (κ1) is 12.9. The second kappa shape index (κ2) is 5.39. The van der Waals surface area contributed by atoms with E-state index in [1.165, 1.54) is 6.07 Å². The fraction of sp³-hybridized carbons (Fsp3) is 0.143. The maximum Gasteiger partial charge on any atom is 0.335 e. The number of methoxy groups -OCH3 is 1. The van der Waals surface area contributed by atoms with Crippen LogP contribution in [0.15, 0.2) is 36.5 Å². The van der Waals surface area contributed by atoms with Crippen LogP contribution in [-0.4, -0.2) is 23.2 Å². The summed E-state index contributed by atoms with van der Waals surface area (Å²) in [5.41, 5.74) is 0.897. The summed E-state index contributed by atoms with van der Waals surface area (Å²) in [6, 6.07) is 8.19. The molecule has 0 radical (unpaired) electrons. The zero-order valence-corrected chi connectivity index (χ0v) is 10.6. The molecule has 1 aromatic carbocycles. The number of benzene rings is 1. The van der Waals surface area contributed by atoms with Gasteiger partial charge in [-0.3, -0.25) is 0 Å². The van der Waals surface area contributed by atoms with Crippen LogP contribution in [0.3, 0.4) is 0 Å². The summed E-state index contributed by atoms with van der Waals surface area (Å²) in [6.07, 6.45) is 1.55. The molecule has 98 valence electrons. The van der Waals surface area contributed by atoms with Gasteiger partial charge in [-0.2, -0.15) is 0 Å². The van der Waals surface area contributed by atoms with Crippen LogP contribution in [0.2, 0.25) is 0 Å². The van der Waals surface area contributed by atoms with Crippen LogP contribution >= 0.6 is 0 Å². The molecule has 0 saturated heterocycles. The summed E-state index contributed by atoms with van der Waals surface area (Å²) >= 11 is 0. The van der Waals surface area contributed by atoms with Crippen molar-refractivity contribution in [3.8, 4) is 17.4 Å². The fourth-order valence-corrected chi connectivity index (χ4v) is 1.61. The van der Waals surface area contributed by atoms with Crippen molar-refractivity contribution in [3.05, 3.63) is 47.7 Å². The predicted molar refractivity (Wildman–Crippen MR) is 69.0 cm³/mol. The molecule has 0 saturated carbocycles. The molecule has 1 aromatic heterocycles. The van der Waals surface area contributed by atoms with E-state index in [9.17, 15) is 4.79 Å². The number of carbonyl (C=O) groups is 1. The van der Waals surface area contributed by atoms with Crippen LogP contribution in [0, 0.1) is 6.92 Å². The normalized spacial score (nSPS) is 10.0. The summed E-state index contributed by atoms with van der Waals surface area (Å²) < 4.78 is 10.5. The van der Waals surface area contributed by atoms with E-state index >= 15 is 0 Å². The molecular formula is C14H13NO4. The quantitative estimate of drug-likeness (QED) is 0.914. The molecule has 0 unspecified atom stereocenters. The molecule has 0 aliphatic rings. The minimum Gasteiger partial charge on any atom is -0.495 e. The van der Waals surface area contributed by atoms with Gasteiger partial charge in [-0.15, -0.1) is 0 Å². The van der Waals surface area contributed by atoms with Crippen molar-refractivity contribution < 1.29 is 19.4 Å². The highest BCUT2D eigenvalue weighted by Crippen LogP contribution is 2.23. The van der Waals surface area contributed by atoms with Gasteiger partial charge in [-0.05, 0) is 36.8 Å². The van der Waals surface area contributed by atoms with E-state index in [1.807, 2.05) is 0 Å². The highest BCUT2D eigenvalue weighted by molar-refractivity contribution is 5.89. The van der Waals surface area contributed by atoms with E-state index < -0.39 is 5.97 Å². The van der Waals surface area contributed by atoms with Gasteiger partial charge in [0.1, 0.15) is 11.5 Å². The number of carboxylic acids is 1. The van der Waals surface area contributed by atoms with Crippen molar-refractivity contribution in [2.75, 3.05) is 7.11 Å². The number of nitrogens with zero attached hydrogens (tertiary/aromatic N) is 1. The van der Waals surface area contributed by atoms with E-state index in [-0.39, 0.29) is 5.56 Å². The third-order valence-corrected chi connectivity index (χ3v) is 2.60. The van der Waals surface area contributed by atoms with Crippen molar-refractivity contribution in [1.29, 1.82) is 0 Å². The van der Waals surface area contributed by atoms with E-state index in [0.29, 0.717) is 22.9 Å². The third kappa shape index (κ3) is 3.01. The molecule has 0 spiro atoms. The number of rotatable bonds is 4. The van der Waals surface area contributed by atoms with Crippen molar-refractivity contribution in [1.82, 2.24) is 4.98 Å². The molecule has 19 heavy (non-hydrogen) atoms. The predicted octanol–water partition coefficient (Wildman–Crippen LogP) is 2.89. The summed E-state index contributed by atoms with van der Waals surface area (Å²) in [7, 11) is 1.56. The molecule has 0 atom stereocenters. The number of hydrogen-bond acceptors (Lipinski definition) is 4. The van der Waals surface area contributed by atoms with Gasteiger partial charge in [0.05, 0.1) is 18.9 Å². The lowest BCUT2D eigenvalue weighted by Crippen LogP contribution is -1.99. The SMILES string of the molecule is COc1ccc(Oc2ccc(C(=O)O)c(C)c2)nc1. The van der Waals surface area contributed by atoms with Crippen LogP contribution in [-0.2, 0) is 0 Å². The summed E-state index contributed by atoms with van der Waals surface area (Å²) in [5, 5.41) is 8.94. The largest absolute Gasteiger partial charge is 0.495 e. The Kier molecular flexibility index (Phi) is 3.66. The third-order valence-electron chi connectivity index (χ3n) is 2.60. The molecule has 1 N–H and O–H groups in total. The number of aromatic carboxylic acids is 1. The van der Waals surface area contributed by atoms with Gasteiger partial charge < -0.3 is 14.6 Å². The molecule has 0 aliphatic carbocycles. The molecule has 5 nitrogen and oxygen atoms in total. The average Bonchev–Trinajstić information content (AvgIpc) is 2.39. The Morgan fingerprint density at radius 1 is 1.21 bits per heavy atom. The van der Waals surface area contributed by atoms with Crippen molar-refractivity contribution >= 4 is 5.97 Å². The lowest BCUT2D eigenvalue weighted by molar-refractivity contribution is 0.0696. The lowest BCUT2D eigenvalue weighted by atomic mass is 10.1. The van der Waals surface area contributed by atoms with Crippen molar-refractivity contribution in [2.24, 2.45) is 0 Å². The van der Waals surface area contributed by atoms with Crippen LogP contribution in [0.4, 0.5) is 0 Å². The van der Waals surface area contributed by atoms with Crippen molar-refractivity contribution in [2.45, 2.75) is 6.92 Å². The molecule has 2 rings (SSSR count). The van der Waals surface area contributed by atoms with Gasteiger partial charge in [0.15, 0.2) is 0 Å². The maximum atomic E-state index is 10.9. The fourth-order valence-electron chi connectivity index (χ4n) is 1.61. The first-order chi connectivity index (χ1) is 9.10.